The smallest absolute Gasteiger partial charge is 0.161 e. The molecule has 0 spiro atoms. The zero-order chi connectivity index (χ0) is 15.2. The fourth-order valence-electron chi connectivity index (χ4n) is 3.02. The van der Waals surface area contributed by atoms with Crippen molar-refractivity contribution in [2.75, 3.05) is 33.9 Å². The topological polar surface area (TPSA) is 47.7 Å². The summed E-state index contributed by atoms with van der Waals surface area (Å²) in [6.45, 7) is 4.01. The van der Waals surface area contributed by atoms with Crippen LogP contribution in [0.4, 0.5) is 0 Å². The molecule has 1 fully saturated rings. The van der Waals surface area contributed by atoms with Gasteiger partial charge in [-0.2, -0.15) is 0 Å². The van der Waals surface area contributed by atoms with Gasteiger partial charge in [0.25, 0.3) is 0 Å². The zero-order valence-corrected chi connectivity index (χ0v) is 14.5. The van der Waals surface area contributed by atoms with Crippen molar-refractivity contribution in [2.45, 2.75) is 25.8 Å². The molecule has 1 unspecified atom stereocenters. The van der Waals surface area contributed by atoms with E-state index in [1.165, 1.54) is 18.4 Å². The lowest BCUT2D eigenvalue weighted by Crippen LogP contribution is -2.35. The van der Waals surface area contributed by atoms with Crippen LogP contribution < -0.4 is 15.2 Å². The van der Waals surface area contributed by atoms with Gasteiger partial charge in [0.15, 0.2) is 11.5 Å². The minimum atomic E-state index is 0.739. The fourth-order valence-corrected chi connectivity index (χ4v) is 3.47. The van der Waals surface area contributed by atoms with Crippen LogP contribution in [0.5, 0.6) is 11.5 Å². The first-order chi connectivity index (χ1) is 10.2. The molecule has 0 amide bonds. The first kappa shape index (κ1) is 16.6. The Kier molecular flexibility index (Phi) is 6.33. The Bertz CT molecular complexity index is 466. The number of hydrogen-bond donors (Lipinski definition) is 1. The van der Waals surface area contributed by atoms with Gasteiger partial charge in [-0.15, -0.1) is 0 Å². The number of hydrogen-bond acceptors (Lipinski definition) is 4. The second kappa shape index (κ2) is 8.01. The zero-order valence-electron chi connectivity index (χ0n) is 12.9. The number of methoxy groups -OCH3 is 2. The second-order valence-electron chi connectivity index (χ2n) is 5.62. The summed E-state index contributed by atoms with van der Waals surface area (Å²) in [5.74, 6) is 2.28. The average molecular weight is 357 g/mol. The van der Waals surface area contributed by atoms with E-state index in [0.717, 1.165) is 54.5 Å². The third-order valence-corrected chi connectivity index (χ3v) is 4.86. The highest BCUT2D eigenvalue weighted by molar-refractivity contribution is 9.10. The molecule has 1 atom stereocenters. The normalized spacial score (nSPS) is 19.5. The molecule has 0 radical (unpaired) electrons. The maximum atomic E-state index is 5.69. The summed E-state index contributed by atoms with van der Waals surface area (Å²) in [5.41, 5.74) is 6.93. The number of nitrogens with two attached hydrogens (primary N) is 1. The van der Waals surface area contributed by atoms with E-state index in [9.17, 15) is 0 Å². The van der Waals surface area contributed by atoms with Crippen molar-refractivity contribution < 1.29 is 9.47 Å². The van der Waals surface area contributed by atoms with Crippen molar-refractivity contribution in [3.05, 3.63) is 22.2 Å². The van der Waals surface area contributed by atoms with Crippen molar-refractivity contribution in [1.82, 2.24) is 4.90 Å². The Morgan fingerprint density at radius 1 is 1.29 bits per heavy atom. The predicted molar refractivity (Wildman–Crippen MR) is 88.9 cm³/mol. The van der Waals surface area contributed by atoms with Crippen LogP contribution in [0.3, 0.4) is 0 Å². The van der Waals surface area contributed by atoms with Crippen molar-refractivity contribution >= 4 is 15.9 Å². The van der Waals surface area contributed by atoms with Crippen molar-refractivity contribution in [1.29, 1.82) is 0 Å². The number of likely N-dealkylation sites (tertiary alicyclic amines) is 1. The molecule has 118 valence electrons. The number of piperidine rings is 1. The quantitative estimate of drug-likeness (QED) is 0.850. The van der Waals surface area contributed by atoms with Gasteiger partial charge < -0.3 is 15.2 Å². The van der Waals surface area contributed by atoms with Crippen molar-refractivity contribution in [3.8, 4) is 11.5 Å². The molecule has 2 N–H and O–H groups in total. The largest absolute Gasteiger partial charge is 0.493 e. The van der Waals surface area contributed by atoms with E-state index < -0.39 is 0 Å². The summed E-state index contributed by atoms with van der Waals surface area (Å²) in [6, 6.07) is 4.05. The fraction of sp³-hybridized carbons (Fsp3) is 0.625. The Balaban J connectivity index is 2.08. The van der Waals surface area contributed by atoms with E-state index in [-0.39, 0.29) is 0 Å². The molecule has 0 saturated carbocycles. The summed E-state index contributed by atoms with van der Waals surface area (Å²) >= 11 is 3.64. The van der Waals surface area contributed by atoms with E-state index in [0.29, 0.717) is 0 Å². The first-order valence-corrected chi connectivity index (χ1v) is 8.30. The molecule has 4 nitrogen and oxygen atoms in total. The van der Waals surface area contributed by atoms with Crippen LogP contribution in [-0.4, -0.2) is 38.8 Å². The highest BCUT2D eigenvalue weighted by atomic mass is 79.9. The molecule has 0 aliphatic carbocycles. The number of rotatable bonds is 6. The van der Waals surface area contributed by atoms with Gasteiger partial charge in [0.2, 0.25) is 0 Å². The summed E-state index contributed by atoms with van der Waals surface area (Å²) in [4.78, 5) is 2.51. The summed E-state index contributed by atoms with van der Waals surface area (Å²) in [5, 5.41) is 0. The van der Waals surface area contributed by atoms with Crippen LogP contribution in [0.15, 0.2) is 16.6 Å². The van der Waals surface area contributed by atoms with E-state index in [4.69, 9.17) is 15.2 Å². The van der Waals surface area contributed by atoms with E-state index >= 15 is 0 Å². The van der Waals surface area contributed by atoms with Crippen LogP contribution >= 0.6 is 15.9 Å². The van der Waals surface area contributed by atoms with Gasteiger partial charge in [-0.3, -0.25) is 4.90 Å². The molecule has 21 heavy (non-hydrogen) atoms. The molecular weight excluding hydrogens is 332 g/mol. The lowest BCUT2D eigenvalue weighted by atomic mass is 9.94. The number of halogens is 1. The molecule has 0 aromatic heterocycles. The number of ether oxygens (including phenoxy) is 2. The number of nitrogens with zero attached hydrogens (tertiary/aromatic N) is 1. The van der Waals surface area contributed by atoms with Crippen molar-refractivity contribution in [3.63, 3.8) is 0 Å². The van der Waals surface area contributed by atoms with Gasteiger partial charge >= 0.3 is 0 Å². The molecule has 1 aromatic carbocycles. The maximum absolute atomic E-state index is 5.69. The van der Waals surface area contributed by atoms with Crippen LogP contribution in [0.25, 0.3) is 0 Å². The lowest BCUT2D eigenvalue weighted by Gasteiger charge is -2.33. The van der Waals surface area contributed by atoms with Gasteiger partial charge in [0, 0.05) is 17.6 Å². The maximum Gasteiger partial charge on any atom is 0.161 e. The Morgan fingerprint density at radius 2 is 2.00 bits per heavy atom. The molecule has 1 aromatic rings. The third-order valence-electron chi connectivity index (χ3n) is 4.12. The van der Waals surface area contributed by atoms with Gasteiger partial charge in [-0.1, -0.05) is 15.9 Å². The van der Waals surface area contributed by atoms with Crippen molar-refractivity contribution in [2.24, 2.45) is 11.7 Å². The third kappa shape index (κ3) is 4.34. The van der Waals surface area contributed by atoms with Crippen LogP contribution in [0.2, 0.25) is 0 Å². The summed E-state index contributed by atoms with van der Waals surface area (Å²) in [6.07, 6.45) is 3.69. The highest BCUT2D eigenvalue weighted by Crippen LogP contribution is 2.34. The Labute approximate surface area is 135 Å². The van der Waals surface area contributed by atoms with E-state index in [1.807, 2.05) is 6.07 Å². The SMILES string of the molecule is COc1cc(Br)c(CN2CCCC(CCN)C2)cc1OC. The van der Waals surface area contributed by atoms with E-state index in [1.54, 1.807) is 14.2 Å². The van der Waals surface area contributed by atoms with Gasteiger partial charge in [-0.05, 0) is 56.0 Å². The van der Waals surface area contributed by atoms with Gasteiger partial charge in [-0.25, -0.2) is 0 Å². The molecule has 1 saturated heterocycles. The Hall–Kier alpha value is -0.780. The summed E-state index contributed by atoms with van der Waals surface area (Å²) < 4.78 is 11.8. The molecule has 1 heterocycles. The number of benzene rings is 1. The Morgan fingerprint density at radius 3 is 2.67 bits per heavy atom. The average Bonchev–Trinajstić information content (AvgIpc) is 2.49. The molecule has 5 heteroatoms. The van der Waals surface area contributed by atoms with Gasteiger partial charge in [0.05, 0.1) is 14.2 Å². The van der Waals surface area contributed by atoms with E-state index in [2.05, 4.69) is 26.9 Å². The highest BCUT2D eigenvalue weighted by Gasteiger charge is 2.20. The molecule has 0 bridgehead atoms. The monoisotopic (exact) mass is 356 g/mol. The van der Waals surface area contributed by atoms with Gasteiger partial charge in [0.1, 0.15) is 0 Å². The standard InChI is InChI=1S/C16H25BrN2O2/c1-20-15-8-13(14(17)9-16(15)21-2)11-19-7-3-4-12(10-19)5-6-18/h8-9,12H,3-7,10-11,18H2,1-2H3. The lowest BCUT2D eigenvalue weighted by molar-refractivity contribution is 0.162. The minimum Gasteiger partial charge on any atom is -0.493 e. The van der Waals surface area contributed by atoms with Crippen LogP contribution in [0, 0.1) is 5.92 Å². The molecule has 2 rings (SSSR count). The molecule has 1 aliphatic rings. The molecule has 1 aliphatic heterocycles. The van der Waals surface area contributed by atoms with Crippen LogP contribution in [-0.2, 0) is 6.54 Å². The predicted octanol–water partition coefficient (Wildman–Crippen LogP) is 3.03. The summed E-state index contributed by atoms with van der Waals surface area (Å²) in [7, 11) is 3.33. The second-order valence-corrected chi connectivity index (χ2v) is 6.47. The first-order valence-electron chi connectivity index (χ1n) is 7.50. The molecular formula is C16H25BrN2O2. The van der Waals surface area contributed by atoms with Crippen LogP contribution in [0.1, 0.15) is 24.8 Å². The minimum absolute atomic E-state index is 0.739.